The van der Waals surface area contributed by atoms with Crippen molar-refractivity contribution in [2.75, 3.05) is 0 Å². The van der Waals surface area contributed by atoms with Gasteiger partial charge in [0.1, 0.15) is 5.82 Å². The van der Waals surface area contributed by atoms with Crippen LogP contribution in [0, 0.1) is 0 Å². The Kier molecular flexibility index (Phi) is 2.66. The highest BCUT2D eigenvalue weighted by Crippen LogP contribution is 2.11. The van der Waals surface area contributed by atoms with Gasteiger partial charge in [0.25, 0.3) is 0 Å². The van der Waals surface area contributed by atoms with Crippen molar-refractivity contribution in [3.8, 4) is 0 Å². The summed E-state index contributed by atoms with van der Waals surface area (Å²) in [6.45, 7) is 1.52. The third-order valence-electron chi connectivity index (χ3n) is 2.65. The predicted octanol–water partition coefficient (Wildman–Crippen LogP) is 1.42. The van der Waals surface area contributed by atoms with E-state index in [1.165, 1.54) is 0 Å². The maximum Gasteiger partial charge on any atom is 0.193 e. The summed E-state index contributed by atoms with van der Waals surface area (Å²) in [7, 11) is 2.00. The van der Waals surface area contributed by atoms with Gasteiger partial charge < -0.3 is 9.88 Å². The molecule has 0 atom stereocenters. The van der Waals surface area contributed by atoms with E-state index < -0.39 is 0 Å². The van der Waals surface area contributed by atoms with Gasteiger partial charge in [0.05, 0.1) is 12.2 Å². The molecule has 0 radical (unpaired) electrons. The molecule has 0 fully saturated rings. The van der Waals surface area contributed by atoms with Crippen LogP contribution in [-0.2, 0) is 20.1 Å². The quantitative estimate of drug-likeness (QED) is 0.758. The van der Waals surface area contributed by atoms with Crippen molar-refractivity contribution in [3.63, 3.8) is 0 Å². The zero-order valence-electron chi connectivity index (χ0n) is 9.50. The van der Waals surface area contributed by atoms with E-state index in [0.717, 1.165) is 29.6 Å². The van der Waals surface area contributed by atoms with Crippen LogP contribution in [0.4, 0.5) is 0 Å². The predicted molar refractivity (Wildman–Crippen MR) is 66.8 cm³/mol. The Morgan fingerprint density at radius 3 is 3.06 bits per heavy atom. The molecule has 17 heavy (non-hydrogen) atoms. The van der Waals surface area contributed by atoms with Crippen LogP contribution in [0.2, 0.25) is 0 Å². The minimum Gasteiger partial charge on any atom is -0.337 e. The summed E-state index contributed by atoms with van der Waals surface area (Å²) < 4.78 is 4.06. The average Bonchev–Trinajstić information content (AvgIpc) is 2.95. The molecule has 0 aliphatic carbocycles. The number of fused-ring (bicyclic) bond motifs is 1. The lowest BCUT2D eigenvalue weighted by atomic mass is 10.4. The fraction of sp³-hybridized carbons (Fsp3) is 0.273. The topological polar surface area (TPSA) is 47.2 Å². The van der Waals surface area contributed by atoms with Gasteiger partial charge in [-0.2, -0.15) is 0 Å². The van der Waals surface area contributed by atoms with Crippen LogP contribution in [0.5, 0.6) is 0 Å². The zero-order chi connectivity index (χ0) is 11.7. The number of aromatic nitrogens is 4. The van der Waals surface area contributed by atoms with Crippen LogP contribution in [0.15, 0.2) is 30.2 Å². The Balaban J connectivity index is 1.61. The van der Waals surface area contributed by atoms with Crippen molar-refractivity contribution in [3.05, 3.63) is 41.7 Å². The fourth-order valence-electron chi connectivity index (χ4n) is 1.73. The molecule has 88 valence electrons. The molecule has 0 aliphatic heterocycles. The number of aryl methyl sites for hydroxylation is 1. The van der Waals surface area contributed by atoms with Crippen molar-refractivity contribution in [1.82, 2.24) is 24.3 Å². The summed E-state index contributed by atoms with van der Waals surface area (Å²) in [6, 6.07) is 0. The third kappa shape index (κ3) is 2.09. The lowest BCUT2D eigenvalue weighted by molar-refractivity contribution is 0.632. The Bertz CT molecular complexity index is 592. The first-order chi connectivity index (χ1) is 8.33. The zero-order valence-corrected chi connectivity index (χ0v) is 10.3. The van der Waals surface area contributed by atoms with E-state index in [2.05, 4.69) is 21.5 Å². The molecule has 6 heteroatoms. The molecule has 5 nitrogen and oxygen atoms in total. The molecule has 0 saturated carbocycles. The molecule has 0 bridgehead atoms. The first-order valence-electron chi connectivity index (χ1n) is 5.41. The summed E-state index contributed by atoms with van der Waals surface area (Å²) >= 11 is 1.65. The van der Waals surface area contributed by atoms with Crippen molar-refractivity contribution in [1.29, 1.82) is 0 Å². The van der Waals surface area contributed by atoms with Gasteiger partial charge in [-0.25, -0.2) is 9.97 Å². The first kappa shape index (κ1) is 10.5. The van der Waals surface area contributed by atoms with Gasteiger partial charge in [-0.3, -0.25) is 4.40 Å². The van der Waals surface area contributed by atoms with Gasteiger partial charge in [-0.15, -0.1) is 11.3 Å². The summed E-state index contributed by atoms with van der Waals surface area (Å²) in [4.78, 5) is 9.80. The van der Waals surface area contributed by atoms with E-state index in [4.69, 9.17) is 0 Å². The number of nitrogens with one attached hydrogen (secondary N) is 1. The number of hydrogen-bond donors (Lipinski definition) is 1. The molecule has 0 saturated heterocycles. The average molecular weight is 247 g/mol. The SMILES string of the molecule is Cn1ccnc1CNCc1cn2ccsc2n1. The van der Waals surface area contributed by atoms with Gasteiger partial charge in [0, 0.05) is 43.8 Å². The van der Waals surface area contributed by atoms with E-state index in [0.29, 0.717) is 0 Å². The van der Waals surface area contributed by atoms with Crippen LogP contribution in [0.25, 0.3) is 4.96 Å². The maximum atomic E-state index is 4.51. The van der Waals surface area contributed by atoms with E-state index >= 15 is 0 Å². The van der Waals surface area contributed by atoms with E-state index in [1.807, 2.05) is 40.0 Å². The highest BCUT2D eigenvalue weighted by molar-refractivity contribution is 7.15. The number of nitrogens with zero attached hydrogens (tertiary/aromatic N) is 4. The number of hydrogen-bond acceptors (Lipinski definition) is 4. The standard InChI is InChI=1S/C11H13N5S/c1-15-3-2-13-10(15)7-12-6-9-8-16-4-5-17-11(16)14-9/h2-5,8,12H,6-7H2,1H3. The van der Waals surface area contributed by atoms with Crippen molar-refractivity contribution in [2.24, 2.45) is 7.05 Å². The molecule has 3 rings (SSSR count). The Morgan fingerprint density at radius 2 is 2.29 bits per heavy atom. The molecular weight excluding hydrogens is 234 g/mol. The molecule has 0 unspecified atom stereocenters. The summed E-state index contributed by atoms with van der Waals surface area (Å²) in [5, 5.41) is 5.38. The molecule has 0 aromatic carbocycles. The van der Waals surface area contributed by atoms with Crippen LogP contribution in [0.3, 0.4) is 0 Å². The second kappa shape index (κ2) is 4.31. The molecule has 3 aromatic heterocycles. The van der Waals surface area contributed by atoms with Crippen LogP contribution in [-0.4, -0.2) is 18.9 Å². The smallest absolute Gasteiger partial charge is 0.193 e. The first-order valence-corrected chi connectivity index (χ1v) is 6.29. The number of rotatable bonds is 4. The van der Waals surface area contributed by atoms with Gasteiger partial charge in [0.2, 0.25) is 0 Å². The third-order valence-corrected chi connectivity index (χ3v) is 3.42. The molecule has 0 spiro atoms. The van der Waals surface area contributed by atoms with Crippen LogP contribution >= 0.6 is 11.3 Å². The van der Waals surface area contributed by atoms with Crippen molar-refractivity contribution >= 4 is 16.3 Å². The van der Waals surface area contributed by atoms with Gasteiger partial charge in [-0.1, -0.05) is 0 Å². The van der Waals surface area contributed by atoms with Crippen LogP contribution in [0.1, 0.15) is 11.5 Å². The van der Waals surface area contributed by atoms with Crippen molar-refractivity contribution < 1.29 is 0 Å². The normalized spacial score (nSPS) is 11.4. The minimum absolute atomic E-state index is 0.759. The Labute approximate surface area is 103 Å². The Morgan fingerprint density at radius 1 is 1.35 bits per heavy atom. The molecule has 0 amide bonds. The second-order valence-electron chi connectivity index (χ2n) is 3.88. The van der Waals surface area contributed by atoms with E-state index in [9.17, 15) is 0 Å². The molecular formula is C11H13N5S. The second-order valence-corrected chi connectivity index (χ2v) is 4.76. The Hall–Kier alpha value is -1.66. The lowest BCUT2D eigenvalue weighted by Gasteiger charge is -2.02. The summed E-state index contributed by atoms with van der Waals surface area (Å²) in [5.74, 6) is 1.03. The highest BCUT2D eigenvalue weighted by Gasteiger charge is 2.03. The summed E-state index contributed by atoms with van der Waals surface area (Å²) in [6.07, 6.45) is 7.83. The molecule has 3 aromatic rings. The largest absolute Gasteiger partial charge is 0.337 e. The van der Waals surface area contributed by atoms with E-state index in [-0.39, 0.29) is 0 Å². The monoisotopic (exact) mass is 247 g/mol. The number of thiazole rings is 1. The van der Waals surface area contributed by atoms with Gasteiger partial charge >= 0.3 is 0 Å². The number of imidazole rings is 2. The van der Waals surface area contributed by atoms with Crippen molar-refractivity contribution in [2.45, 2.75) is 13.1 Å². The summed E-state index contributed by atoms with van der Waals surface area (Å²) in [5.41, 5.74) is 1.06. The fourth-order valence-corrected chi connectivity index (χ4v) is 2.45. The minimum atomic E-state index is 0.759. The van der Waals surface area contributed by atoms with Crippen LogP contribution < -0.4 is 5.32 Å². The van der Waals surface area contributed by atoms with E-state index in [1.54, 1.807) is 11.3 Å². The van der Waals surface area contributed by atoms with Gasteiger partial charge in [0.15, 0.2) is 4.96 Å². The highest BCUT2D eigenvalue weighted by atomic mass is 32.1. The maximum absolute atomic E-state index is 4.51. The molecule has 0 aliphatic rings. The van der Waals surface area contributed by atoms with Gasteiger partial charge in [-0.05, 0) is 0 Å². The molecule has 1 N–H and O–H groups in total. The molecule has 3 heterocycles. The lowest BCUT2D eigenvalue weighted by Crippen LogP contribution is -2.15.